The van der Waals surface area contributed by atoms with Gasteiger partial charge >= 0.3 is 5.97 Å². The van der Waals surface area contributed by atoms with E-state index >= 15 is 0 Å². The first-order valence-electron chi connectivity index (χ1n) is 6.87. The molecule has 0 atom stereocenters. The van der Waals surface area contributed by atoms with Crippen LogP contribution < -0.4 is 0 Å². The van der Waals surface area contributed by atoms with Crippen LogP contribution in [0, 0.1) is 5.82 Å². The molecule has 0 aliphatic carbocycles. The molecule has 0 amide bonds. The monoisotopic (exact) mass is 314 g/mol. The maximum absolute atomic E-state index is 13.7. The SMILES string of the molecule is COC(=O)C(=O)/C=C(\O)c1cccc(Cc2ccccc2F)c1. The van der Waals surface area contributed by atoms with E-state index < -0.39 is 11.8 Å². The highest BCUT2D eigenvalue weighted by Crippen LogP contribution is 2.18. The normalized spacial score (nSPS) is 11.1. The van der Waals surface area contributed by atoms with E-state index in [1.165, 1.54) is 6.07 Å². The lowest BCUT2D eigenvalue weighted by Crippen LogP contribution is -2.13. The van der Waals surface area contributed by atoms with Gasteiger partial charge in [-0.2, -0.15) is 0 Å². The van der Waals surface area contributed by atoms with Crippen molar-refractivity contribution in [1.82, 2.24) is 0 Å². The first kappa shape index (κ1) is 16.4. The number of rotatable bonds is 5. The molecule has 1 N–H and O–H groups in total. The number of hydrogen-bond donors (Lipinski definition) is 1. The number of esters is 1. The Hall–Kier alpha value is -2.95. The fourth-order valence-electron chi connectivity index (χ4n) is 2.07. The molecule has 0 fully saturated rings. The van der Waals surface area contributed by atoms with Crippen molar-refractivity contribution >= 4 is 17.5 Å². The highest BCUT2D eigenvalue weighted by atomic mass is 19.1. The molecule has 0 bridgehead atoms. The number of carbonyl (C=O) groups excluding carboxylic acids is 2. The van der Waals surface area contributed by atoms with Gasteiger partial charge < -0.3 is 9.84 Å². The van der Waals surface area contributed by atoms with Crippen molar-refractivity contribution in [3.05, 3.63) is 77.1 Å². The topological polar surface area (TPSA) is 63.6 Å². The average Bonchev–Trinajstić information content (AvgIpc) is 2.56. The van der Waals surface area contributed by atoms with E-state index in [9.17, 15) is 19.1 Å². The van der Waals surface area contributed by atoms with Gasteiger partial charge in [0.1, 0.15) is 11.6 Å². The summed E-state index contributed by atoms with van der Waals surface area (Å²) in [5, 5.41) is 9.94. The van der Waals surface area contributed by atoms with Crippen molar-refractivity contribution in [2.45, 2.75) is 6.42 Å². The zero-order chi connectivity index (χ0) is 16.8. The van der Waals surface area contributed by atoms with Crippen LogP contribution in [0.4, 0.5) is 4.39 Å². The van der Waals surface area contributed by atoms with E-state index in [1.807, 2.05) is 0 Å². The molecule has 23 heavy (non-hydrogen) atoms. The van der Waals surface area contributed by atoms with Crippen LogP contribution in [0.5, 0.6) is 0 Å². The summed E-state index contributed by atoms with van der Waals surface area (Å²) in [6.07, 6.45) is 1.15. The number of halogens is 1. The Balaban J connectivity index is 2.23. The lowest BCUT2D eigenvalue weighted by Gasteiger charge is -2.06. The fraction of sp³-hybridized carbons (Fsp3) is 0.111. The van der Waals surface area contributed by atoms with Crippen LogP contribution in [0.3, 0.4) is 0 Å². The number of ketones is 1. The molecule has 0 unspecified atom stereocenters. The van der Waals surface area contributed by atoms with Crippen LogP contribution in [0.25, 0.3) is 5.76 Å². The number of carbonyl (C=O) groups is 2. The van der Waals surface area contributed by atoms with E-state index in [0.717, 1.165) is 18.7 Å². The molecule has 0 saturated heterocycles. The highest BCUT2D eigenvalue weighted by Gasteiger charge is 2.13. The third-order valence-electron chi connectivity index (χ3n) is 3.23. The Labute approximate surface area is 132 Å². The molecule has 2 aromatic rings. The Kier molecular flexibility index (Phi) is 5.25. The van der Waals surface area contributed by atoms with Gasteiger partial charge in [0.15, 0.2) is 0 Å². The van der Waals surface area contributed by atoms with Crippen LogP contribution in [0.2, 0.25) is 0 Å². The van der Waals surface area contributed by atoms with Gasteiger partial charge in [-0.05, 0) is 23.3 Å². The van der Waals surface area contributed by atoms with Gasteiger partial charge in [-0.25, -0.2) is 9.18 Å². The van der Waals surface area contributed by atoms with Crippen LogP contribution in [-0.4, -0.2) is 24.0 Å². The van der Waals surface area contributed by atoms with Gasteiger partial charge in [-0.3, -0.25) is 4.79 Å². The third kappa shape index (κ3) is 4.26. The molecule has 5 heteroatoms. The lowest BCUT2D eigenvalue weighted by molar-refractivity contribution is -0.149. The second-order valence-corrected chi connectivity index (χ2v) is 4.85. The summed E-state index contributed by atoms with van der Waals surface area (Å²) in [5.74, 6) is -2.67. The zero-order valence-electron chi connectivity index (χ0n) is 12.5. The second kappa shape index (κ2) is 7.35. The van der Waals surface area contributed by atoms with Crippen molar-refractivity contribution in [3.8, 4) is 0 Å². The molecule has 0 radical (unpaired) electrons. The summed E-state index contributed by atoms with van der Waals surface area (Å²) in [4.78, 5) is 22.5. The molecule has 0 heterocycles. The van der Waals surface area contributed by atoms with Gasteiger partial charge in [-0.15, -0.1) is 0 Å². The van der Waals surface area contributed by atoms with Gasteiger partial charge in [0.2, 0.25) is 0 Å². The summed E-state index contributed by atoms with van der Waals surface area (Å²) in [5.41, 5.74) is 1.65. The van der Waals surface area contributed by atoms with Crippen LogP contribution in [0.1, 0.15) is 16.7 Å². The van der Waals surface area contributed by atoms with Gasteiger partial charge in [-0.1, -0.05) is 36.4 Å². The number of aliphatic hydroxyl groups is 1. The predicted molar refractivity (Wildman–Crippen MR) is 83.3 cm³/mol. The van der Waals surface area contributed by atoms with E-state index in [2.05, 4.69) is 4.74 Å². The van der Waals surface area contributed by atoms with Gasteiger partial charge in [0.05, 0.1) is 7.11 Å². The lowest BCUT2D eigenvalue weighted by atomic mass is 10.0. The molecule has 4 nitrogen and oxygen atoms in total. The summed E-state index contributed by atoms with van der Waals surface area (Å²) in [7, 11) is 1.08. The molecular weight excluding hydrogens is 299 g/mol. The molecule has 0 saturated carbocycles. The summed E-state index contributed by atoms with van der Waals surface area (Å²) in [6.45, 7) is 0. The highest BCUT2D eigenvalue weighted by molar-refractivity contribution is 6.39. The summed E-state index contributed by atoms with van der Waals surface area (Å²) in [6, 6.07) is 13.1. The van der Waals surface area contributed by atoms with Crippen molar-refractivity contribution in [2.75, 3.05) is 7.11 Å². The molecular formula is C18H15FO4. The zero-order valence-corrected chi connectivity index (χ0v) is 12.5. The van der Waals surface area contributed by atoms with E-state index in [4.69, 9.17) is 0 Å². The molecule has 118 valence electrons. The van der Waals surface area contributed by atoms with E-state index in [1.54, 1.807) is 42.5 Å². The quantitative estimate of drug-likeness (QED) is 0.399. The van der Waals surface area contributed by atoms with Crippen molar-refractivity contribution in [3.63, 3.8) is 0 Å². The smallest absolute Gasteiger partial charge is 0.378 e. The van der Waals surface area contributed by atoms with Crippen molar-refractivity contribution in [1.29, 1.82) is 0 Å². The molecule has 0 aliphatic heterocycles. The Morgan fingerprint density at radius 3 is 2.61 bits per heavy atom. The molecule has 2 rings (SSSR count). The Morgan fingerprint density at radius 2 is 1.91 bits per heavy atom. The van der Waals surface area contributed by atoms with Crippen molar-refractivity contribution in [2.24, 2.45) is 0 Å². The fourth-order valence-corrected chi connectivity index (χ4v) is 2.07. The first-order valence-corrected chi connectivity index (χ1v) is 6.87. The maximum atomic E-state index is 13.7. The summed E-state index contributed by atoms with van der Waals surface area (Å²) >= 11 is 0. The number of ether oxygens (including phenoxy) is 1. The Bertz CT molecular complexity index is 765. The van der Waals surface area contributed by atoms with E-state index in [-0.39, 0.29) is 11.6 Å². The van der Waals surface area contributed by atoms with Crippen LogP contribution >= 0.6 is 0 Å². The third-order valence-corrected chi connectivity index (χ3v) is 3.23. The number of methoxy groups -OCH3 is 1. The number of aliphatic hydroxyl groups excluding tert-OH is 1. The van der Waals surface area contributed by atoms with Gasteiger partial charge in [0.25, 0.3) is 5.78 Å². The average molecular weight is 314 g/mol. The van der Waals surface area contributed by atoms with Gasteiger partial charge in [0, 0.05) is 18.1 Å². The molecule has 0 spiro atoms. The van der Waals surface area contributed by atoms with Crippen LogP contribution in [-0.2, 0) is 20.7 Å². The summed E-state index contributed by atoms with van der Waals surface area (Å²) < 4.78 is 18.0. The van der Waals surface area contributed by atoms with Crippen LogP contribution in [0.15, 0.2) is 54.6 Å². The largest absolute Gasteiger partial charge is 0.507 e. The van der Waals surface area contributed by atoms with E-state index in [0.29, 0.717) is 17.5 Å². The van der Waals surface area contributed by atoms with Crippen molar-refractivity contribution < 1.29 is 23.8 Å². The first-order chi connectivity index (χ1) is 11.0. The standard InChI is InChI=1S/C18H15FO4/c1-23-18(22)17(21)11-16(20)14-7-4-5-12(10-14)9-13-6-2-3-8-15(13)19/h2-8,10-11,20H,9H2,1H3/b16-11-. The number of hydrogen-bond acceptors (Lipinski definition) is 4. The maximum Gasteiger partial charge on any atom is 0.378 e. The predicted octanol–water partition coefficient (Wildman–Crippen LogP) is 3.06. The molecule has 2 aromatic carbocycles. The molecule has 0 aromatic heterocycles. The minimum Gasteiger partial charge on any atom is -0.507 e. The molecule has 0 aliphatic rings. The number of benzene rings is 2. The Morgan fingerprint density at radius 1 is 1.17 bits per heavy atom. The second-order valence-electron chi connectivity index (χ2n) is 4.85. The minimum atomic E-state index is -1.06. The minimum absolute atomic E-state index is 0.307.